The van der Waals surface area contributed by atoms with E-state index >= 15 is 0 Å². The smallest absolute Gasteiger partial charge is 0.351 e. The second kappa shape index (κ2) is 5.62. The van der Waals surface area contributed by atoms with Crippen molar-refractivity contribution in [2.75, 3.05) is 5.32 Å². The molecule has 0 fully saturated rings. The number of hydrogen-bond donors (Lipinski definition) is 2. The minimum Gasteiger partial charge on any atom is -0.351 e. The van der Waals surface area contributed by atoms with Gasteiger partial charge < -0.3 is 10.3 Å². The van der Waals surface area contributed by atoms with Crippen molar-refractivity contribution in [1.82, 2.24) is 4.98 Å². The number of nitrogens with one attached hydrogen (secondary N) is 2. The summed E-state index contributed by atoms with van der Waals surface area (Å²) in [6, 6.07) is 11.4. The van der Waals surface area contributed by atoms with Gasteiger partial charge in [0.15, 0.2) is 0 Å². The van der Waals surface area contributed by atoms with E-state index < -0.39 is 17.6 Å². The Bertz CT molecular complexity index is 886. The molecule has 0 aliphatic carbocycles. The summed E-state index contributed by atoms with van der Waals surface area (Å²) in [5.74, 6) is -0.483. The summed E-state index contributed by atoms with van der Waals surface area (Å²) < 4.78 is 38.1. The zero-order chi connectivity index (χ0) is 16.6. The third-order valence-corrected chi connectivity index (χ3v) is 3.65. The normalized spacial score (nSPS) is 11.7. The average molecular weight is 339 g/mol. The Morgan fingerprint density at radius 3 is 2.52 bits per heavy atom. The van der Waals surface area contributed by atoms with Crippen LogP contribution in [-0.4, -0.2) is 10.9 Å². The Hall–Kier alpha value is -2.47. The van der Waals surface area contributed by atoms with E-state index in [1.807, 2.05) is 0 Å². The Labute approximate surface area is 134 Å². The molecule has 0 aliphatic rings. The summed E-state index contributed by atoms with van der Waals surface area (Å²) >= 11 is 5.96. The highest BCUT2D eigenvalue weighted by Crippen LogP contribution is 2.31. The third kappa shape index (κ3) is 3.17. The summed E-state index contributed by atoms with van der Waals surface area (Å²) in [5, 5.41) is 3.50. The molecule has 0 radical (unpaired) electrons. The molecule has 0 saturated heterocycles. The first-order valence-corrected chi connectivity index (χ1v) is 6.98. The van der Waals surface area contributed by atoms with Crippen molar-refractivity contribution >= 4 is 34.1 Å². The van der Waals surface area contributed by atoms with Crippen molar-refractivity contribution in [1.29, 1.82) is 0 Å². The van der Waals surface area contributed by atoms with Gasteiger partial charge in [0, 0.05) is 10.9 Å². The fraction of sp³-hybridized carbons (Fsp3) is 0.0625. The molecule has 2 N–H and O–H groups in total. The van der Waals surface area contributed by atoms with Crippen LogP contribution in [0.4, 0.5) is 18.9 Å². The van der Waals surface area contributed by atoms with E-state index in [1.165, 1.54) is 12.1 Å². The van der Waals surface area contributed by atoms with Crippen LogP contribution in [0.3, 0.4) is 0 Å². The molecule has 1 amide bonds. The fourth-order valence-electron chi connectivity index (χ4n) is 2.18. The van der Waals surface area contributed by atoms with E-state index in [0.29, 0.717) is 16.1 Å². The van der Waals surface area contributed by atoms with Crippen LogP contribution in [-0.2, 0) is 6.18 Å². The van der Waals surface area contributed by atoms with Gasteiger partial charge in [0.1, 0.15) is 5.69 Å². The van der Waals surface area contributed by atoms with Crippen LogP contribution in [0.15, 0.2) is 48.5 Å². The predicted octanol–water partition coefficient (Wildman–Crippen LogP) is 5.09. The molecule has 1 aromatic heterocycles. The number of hydrogen-bond acceptors (Lipinski definition) is 1. The van der Waals surface area contributed by atoms with Crippen LogP contribution in [0, 0.1) is 0 Å². The first-order valence-electron chi connectivity index (χ1n) is 6.60. The van der Waals surface area contributed by atoms with Gasteiger partial charge >= 0.3 is 6.18 Å². The number of rotatable bonds is 2. The van der Waals surface area contributed by atoms with Crippen LogP contribution >= 0.6 is 11.6 Å². The number of aromatic amines is 1. The van der Waals surface area contributed by atoms with Crippen molar-refractivity contribution in [3.8, 4) is 0 Å². The summed E-state index contributed by atoms with van der Waals surface area (Å²) in [4.78, 5) is 14.9. The van der Waals surface area contributed by atoms with E-state index in [0.717, 1.165) is 12.1 Å². The molecule has 0 atom stereocenters. The summed E-state index contributed by atoms with van der Waals surface area (Å²) in [6.45, 7) is 0. The van der Waals surface area contributed by atoms with Crippen LogP contribution in [0.5, 0.6) is 0 Å². The van der Waals surface area contributed by atoms with Gasteiger partial charge in [-0.3, -0.25) is 4.79 Å². The molecular formula is C16H10ClF3N2O. The SMILES string of the molecule is O=C(Nc1ccccc1Cl)c1cc2ccc(C(F)(F)F)cc2[nH]1. The standard InChI is InChI=1S/C16H10ClF3N2O/c17-11-3-1-2-4-12(11)22-15(23)14-7-9-5-6-10(16(18,19)20)8-13(9)21-14/h1-8,21H,(H,22,23). The largest absolute Gasteiger partial charge is 0.416 e. The fourth-order valence-corrected chi connectivity index (χ4v) is 2.36. The van der Waals surface area contributed by atoms with Gasteiger partial charge in [-0.15, -0.1) is 0 Å². The van der Waals surface area contributed by atoms with Gasteiger partial charge in [0.05, 0.1) is 16.3 Å². The lowest BCUT2D eigenvalue weighted by Gasteiger charge is -2.05. The molecule has 0 unspecified atom stereocenters. The van der Waals surface area contributed by atoms with Gasteiger partial charge in [-0.25, -0.2) is 0 Å². The maximum Gasteiger partial charge on any atom is 0.416 e. The van der Waals surface area contributed by atoms with E-state index in [2.05, 4.69) is 10.3 Å². The third-order valence-electron chi connectivity index (χ3n) is 3.32. The highest BCUT2D eigenvalue weighted by Gasteiger charge is 2.30. The monoisotopic (exact) mass is 338 g/mol. The molecule has 0 saturated carbocycles. The lowest BCUT2D eigenvalue weighted by molar-refractivity contribution is -0.137. The maximum absolute atomic E-state index is 12.7. The van der Waals surface area contributed by atoms with Gasteiger partial charge in [-0.1, -0.05) is 29.8 Å². The summed E-state index contributed by atoms with van der Waals surface area (Å²) in [5.41, 5.74) is 0.0436. The molecule has 0 bridgehead atoms. The zero-order valence-electron chi connectivity index (χ0n) is 11.5. The van der Waals surface area contributed by atoms with Gasteiger partial charge in [0.25, 0.3) is 5.91 Å². The quantitative estimate of drug-likeness (QED) is 0.671. The number of carbonyl (C=O) groups excluding carboxylic acids is 1. The molecule has 0 spiro atoms. The zero-order valence-corrected chi connectivity index (χ0v) is 12.3. The van der Waals surface area contributed by atoms with Crippen LogP contribution in [0.25, 0.3) is 10.9 Å². The molecule has 3 nitrogen and oxygen atoms in total. The number of fused-ring (bicyclic) bond motifs is 1. The number of benzene rings is 2. The second-order valence-corrected chi connectivity index (χ2v) is 5.32. The van der Waals surface area contributed by atoms with Gasteiger partial charge in [-0.2, -0.15) is 13.2 Å². The Morgan fingerprint density at radius 1 is 1.09 bits per heavy atom. The molecule has 2 aromatic carbocycles. The predicted molar refractivity (Wildman–Crippen MR) is 82.7 cm³/mol. The van der Waals surface area contributed by atoms with Crippen molar-refractivity contribution in [2.24, 2.45) is 0 Å². The van der Waals surface area contributed by atoms with Crippen molar-refractivity contribution < 1.29 is 18.0 Å². The molecule has 23 heavy (non-hydrogen) atoms. The number of para-hydroxylation sites is 1. The molecule has 0 aliphatic heterocycles. The second-order valence-electron chi connectivity index (χ2n) is 4.92. The first kappa shape index (κ1) is 15.4. The minimum absolute atomic E-state index is 0.152. The number of alkyl halides is 3. The lowest BCUT2D eigenvalue weighted by atomic mass is 10.1. The average Bonchev–Trinajstić information content (AvgIpc) is 2.92. The van der Waals surface area contributed by atoms with Crippen LogP contribution in [0.2, 0.25) is 5.02 Å². The molecule has 118 valence electrons. The van der Waals surface area contributed by atoms with Crippen molar-refractivity contribution in [3.63, 3.8) is 0 Å². The Morgan fingerprint density at radius 2 is 1.83 bits per heavy atom. The molecule has 7 heteroatoms. The number of carbonyl (C=O) groups is 1. The number of amides is 1. The van der Waals surface area contributed by atoms with E-state index in [1.54, 1.807) is 24.3 Å². The van der Waals surface area contributed by atoms with E-state index in [-0.39, 0.29) is 11.2 Å². The van der Waals surface area contributed by atoms with Gasteiger partial charge in [-0.05, 0) is 30.3 Å². The minimum atomic E-state index is -4.43. The van der Waals surface area contributed by atoms with E-state index in [4.69, 9.17) is 11.6 Å². The molecule has 3 rings (SSSR count). The Balaban J connectivity index is 1.91. The van der Waals surface area contributed by atoms with Gasteiger partial charge in [0.2, 0.25) is 0 Å². The molecule has 1 heterocycles. The summed E-state index contributed by atoms with van der Waals surface area (Å²) in [6.07, 6.45) is -4.43. The number of H-pyrrole nitrogens is 1. The Kier molecular flexibility index (Phi) is 3.77. The van der Waals surface area contributed by atoms with Crippen LogP contribution < -0.4 is 5.32 Å². The highest BCUT2D eigenvalue weighted by molar-refractivity contribution is 6.33. The first-order chi connectivity index (χ1) is 10.8. The molecule has 3 aromatic rings. The number of anilines is 1. The lowest BCUT2D eigenvalue weighted by Crippen LogP contribution is -2.12. The highest BCUT2D eigenvalue weighted by atomic mass is 35.5. The number of halogens is 4. The summed E-state index contributed by atoms with van der Waals surface area (Å²) in [7, 11) is 0. The van der Waals surface area contributed by atoms with Crippen molar-refractivity contribution in [3.05, 3.63) is 64.8 Å². The topological polar surface area (TPSA) is 44.9 Å². The maximum atomic E-state index is 12.7. The molecular weight excluding hydrogens is 329 g/mol. The van der Waals surface area contributed by atoms with Crippen molar-refractivity contribution in [2.45, 2.75) is 6.18 Å². The van der Waals surface area contributed by atoms with E-state index in [9.17, 15) is 18.0 Å². The number of aromatic nitrogens is 1. The van der Waals surface area contributed by atoms with Crippen LogP contribution in [0.1, 0.15) is 16.1 Å².